The largest absolute Gasteiger partial charge is 0.339 e. The number of hydrogen-bond acceptors (Lipinski definition) is 4. The maximum absolute atomic E-state index is 12.7. The Kier molecular flexibility index (Phi) is 4.01. The summed E-state index contributed by atoms with van der Waals surface area (Å²) in [5, 5.41) is 0.118. The molecule has 1 saturated heterocycles. The van der Waals surface area contributed by atoms with Gasteiger partial charge in [-0.15, -0.1) is 0 Å². The summed E-state index contributed by atoms with van der Waals surface area (Å²) in [6, 6.07) is 4.02. The first-order chi connectivity index (χ1) is 10.5. The third-order valence-corrected chi connectivity index (χ3v) is 5.77. The monoisotopic (exact) mass is 320 g/mol. The maximum atomic E-state index is 12.7. The molecular weight excluding hydrogens is 300 g/mol. The minimum Gasteiger partial charge on any atom is -0.339 e. The van der Waals surface area contributed by atoms with Crippen molar-refractivity contribution in [1.29, 1.82) is 0 Å². The van der Waals surface area contributed by atoms with Gasteiger partial charge in [-0.05, 0) is 31.4 Å². The Morgan fingerprint density at radius 3 is 2.73 bits per heavy atom. The van der Waals surface area contributed by atoms with E-state index in [1.54, 1.807) is 17.8 Å². The third-order valence-electron chi connectivity index (χ3n) is 4.02. The Morgan fingerprint density at radius 2 is 2.09 bits per heavy atom. The molecule has 0 saturated carbocycles. The molecule has 3 rings (SSSR count). The van der Waals surface area contributed by atoms with Crippen molar-refractivity contribution >= 4 is 10.0 Å². The second kappa shape index (κ2) is 5.81. The van der Waals surface area contributed by atoms with Gasteiger partial charge in [0.25, 0.3) is 10.0 Å². The van der Waals surface area contributed by atoms with E-state index in [0.717, 1.165) is 24.1 Å². The highest BCUT2D eigenvalue weighted by Gasteiger charge is 2.32. The molecule has 0 unspecified atom stereocenters. The normalized spacial score (nSPS) is 20.2. The minimum absolute atomic E-state index is 0.118. The van der Waals surface area contributed by atoms with Crippen molar-refractivity contribution in [2.75, 3.05) is 13.1 Å². The first kappa shape index (κ1) is 15.2. The van der Waals surface area contributed by atoms with Gasteiger partial charge >= 0.3 is 0 Å². The smallest absolute Gasteiger partial charge is 0.262 e. The number of nitrogens with zero attached hydrogens (tertiary/aromatic N) is 4. The van der Waals surface area contributed by atoms with Crippen LogP contribution in [0.2, 0.25) is 0 Å². The van der Waals surface area contributed by atoms with Crippen molar-refractivity contribution in [3.05, 3.63) is 42.1 Å². The molecular formula is C15H20N4O2S. The van der Waals surface area contributed by atoms with Gasteiger partial charge in [-0.25, -0.2) is 13.4 Å². The molecule has 3 heterocycles. The number of imidazole rings is 1. The summed E-state index contributed by atoms with van der Waals surface area (Å²) >= 11 is 0. The summed E-state index contributed by atoms with van der Waals surface area (Å²) in [4.78, 5) is 8.44. The quantitative estimate of drug-likeness (QED) is 0.863. The molecule has 0 spiro atoms. The Morgan fingerprint density at radius 1 is 1.27 bits per heavy atom. The van der Waals surface area contributed by atoms with Gasteiger partial charge in [0.1, 0.15) is 0 Å². The van der Waals surface area contributed by atoms with Gasteiger partial charge in [0, 0.05) is 44.1 Å². The second-order valence-corrected chi connectivity index (χ2v) is 7.72. The standard InChI is InChI=1S/C15H20N4O2S/c1-12-5-6-14(16-8-12)13-4-3-7-19(9-13)22(20,21)15-10-18(2)11-17-15/h5-6,8,10-11,13H,3-4,7,9H2,1-2H3/t13-/m1/s1. The molecule has 0 aromatic carbocycles. The number of pyridine rings is 1. The molecule has 0 aliphatic carbocycles. The van der Waals surface area contributed by atoms with E-state index in [1.807, 2.05) is 25.3 Å². The lowest BCUT2D eigenvalue weighted by atomic mass is 9.95. The second-order valence-electron chi connectivity index (χ2n) is 5.84. The van der Waals surface area contributed by atoms with Crippen molar-refractivity contribution in [3.63, 3.8) is 0 Å². The SMILES string of the molecule is Cc1ccc([C@@H]2CCCN(S(=O)(=O)c3cn(C)cn3)C2)nc1. The number of rotatable bonds is 3. The molecule has 118 valence electrons. The Labute approximate surface area is 130 Å². The molecule has 1 aliphatic heterocycles. The summed E-state index contributed by atoms with van der Waals surface area (Å²) in [5.74, 6) is 0.146. The highest BCUT2D eigenvalue weighted by molar-refractivity contribution is 7.89. The van der Waals surface area contributed by atoms with Gasteiger partial charge < -0.3 is 4.57 Å². The average molecular weight is 320 g/mol. The molecule has 1 fully saturated rings. The van der Waals surface area contributed by atoms with E-state index in [-0.39, 0.29) is 10.9 Å². The first-order valence-electron chi connectivity index (χ1n) is 7.37. The predicted octanol–water partition coefficient (Wildman–Crippen LogP) is 1.69. The average Bonchev–Trinajstić information content (AvgIpc) is 2.95. The number of hydrogen-bond donors (Lipinski definition) is 0. The van der Waals surface area contributed by atoms with Crippen molar-refractivity contribution in [3.8, 4) is 0 Å². The molecule has 0 amide bonds. The van der Waals surface area contributed by atoms with E-state index >= 15 is 0 Å². The lowest BCUT2D eigenvalue weighted by Crippen LogP contribution is -2.39. The van der Waals surface area contributed by atoms with Crippen LogP contribution in [-0.2, 0) is 17.1 Å². The Hall–Kier alpha value is -1.73. The molecule has 22 heavy (non-hydrogen) atoms. The lowest BCUT2D eigenvalue weighted by molar-refractivity contribution is 0.312. The summed E-state index contributed by atoms with van der Waals surface area (Å²) in [5.41, 5.74) is 2.07. The number of aryl methyl sites for hydroxylation is 2. The minimum atomic E-state index is -3.52. The van der Waals surface area contributed by atoms with Crippen LogP contribution in [0.25, 0.3) is 0 Å². The molecule has 0 bridgehead atoms. The van der Waals surface area contributed by atoms with Gasteiger partial charge in [-0.3, -0.25) is 4.98 Å². The van der Waals surface area contributed by atoms with Gasteiger partial charge in [-0.2, -0.15) is 4.31 Å². The molecule has 7 heteroatoms. The van der Waals surface area contributed by atoms with Crippen LogP contribution in [0.15, 0.2) is 35.9 Å². The van der Waals surface area contributed by atoms with E-state index in [9.17, 15) is 8.42 Å². The number of sulfonamides is 1. The highest BCUT2D eigenvalue weighted by Crippen LogP contribution is 2.28. The van der Waals surface area contributed by atoms with Crippen molar-refractivity contribution in [1.82, 2.24) is 18.8 Å². The molecule has 0 radical (unpaired) electrons. The van der Waals surface area contributed by atoms with E-state index in [0.29, 0.717) is 13.1 Å². The van der Waals surface area contributed by atoms with Crippen LogP contribution < -0.4 is 0 Å². The number of piperidine rings is 1. The topological polar surface area (TPSA) is 68.1 Å². The van der Waals surface area contributed by atoms with Crippen molar-refractivity contribution in [2.24, 2.45) is 7.05 Å². The van der Waals surface area contributed by atoms with E-state index in [4.69, 9.17) is 0 Å². The first-order valence-corrected chi connectivity index (χ1v) is 8.81. The van der Waals surface area contributed by atoms with Crippen LogP contribution in [0, 0.1) is 6.92 Å². The van der Waals surface area contributed by atoms with E-state index in [1.165, 1.54) is 10.6 Å². The Balaban J connectivity index is 1.82. The summed E-state index contributed by atoms with van der Waals surface area (Å²) in [6.07, 6.45) is 6.69. The summed E-state index contributed by atoms with van der Waals surface area (Å²) in [6.45, 7) is 3.01. The molecule has 1 aliphatic rings. The molecule has 0 N–H and O–H groups in total. The summed E-state index contributed by atoms with van der Waals surface area (Å²) < 4.78 is 28.5. The van der Waals surface area contributed by atoms with Crippen LogP contribution in [0.1, 0.15) is 30.0 Å². The lowest BCUT2D eigenvalue weighted by Gasteiger charge is -2.31. The van der Waals surface area contributed by atoms with E-state index in [2.05, 4.69) is 9.97 Å². The van der Waals surface area contributed by atoms with Crippen LogP contribution in [-0.4, -0.2) is 40.3 Å². The van der Waals surface area contributed by atoms with Crippen LogP contribution >= 0.6 is 0 Å². The zero-order chi connectivity index (χ0) is 15.7. The molecule has 6 nitrogen and oxygen atoms in total. The fourth-order valence-electron chi connectivity index (χ4n) is 2.78. The zero-order valence-electron chi connectivity index (χ0n) is 12.8. The third kappa shape index (κ3) is 2.91. The van der Waals surface area contributed by atoms with Crippen LogP contribution in [0.3, 0.4) is 0 Å². The van der Waals surface area contributed by atoms with Gasteiger partial charge in [0.15, 0.2) is 5.03 Å². The van der Waals surface area contributed by atoms with Gasteiger partial charge in [-0.1, -0.05) is 6.07 Å². The van der Waals surface area contributed by atoms with Gasteiger partial charge in [0.2, 0.25) is 0 Å². The van der Waals surface area contributed by atoms with Crippen molar-refractivity contribution in [2.45, 2.75) is 30.7 Å². The highest BCUT2D eigenvalue weighted by atomic mass is 32.2. The molecule has 1 atom stereocenters. The Bertz CT molecular complexity index is 752. The van der Waals surface area contributed by atoms with Crippen LogP contribution in [0.4, 0.5) is 0 Å². The molecule has 2 aromatic heterocycles. The van der Waals surface area contributed by atoms with Crippen molar-refractivity contribution < 1.29 is 8.42 Å². The summed E-state index contributed by atoms with van der Waals surface area (Å²) in [7, 11) is -1.75. The van der Waals surface area contributed by atoms with E-state index < -0.39 is 10.0 Å². The maximum Gasteiger partial charge on any atom is 0.262 e. The molecule has 2 aromatic rings. The fourth-order valence-corrected chi connectivity index (χ4v) is 4.27. The predicted molar refractivity (Wildman–Crippen MR) is 82.9 cm³/mol. The van der Waals surface area contributed by atoms with Crippen LogP contribution in [0.5, 0.6) is 0 Å². The number of aromatic nitrogens is 3. The zero-order valence-corrected chi connectivity index (χ0v) is 13.6. The fraction of sp³-hybridized carbons (Fsp3) is 0.467. The van der Waals surface area contributed by atoms with Gasteiger partial charge in [0.05, 0.1) is 6.33 Å².